The van der Waals surface area contributed by atoms with Crippen LogP contribution in [-0.2, 0) is 28.6 Å². The Morgan fingerprint density at radius 3 is 1.21 bits per heavy atom. The highest BCUT2D eigenvalue weighted by Crippen LogP contribution is 2.13. The van der Waals surface area contributed by atoms with E-state index in [2.05, 4.69) is 106 Å². The smallest absolute Gasteiger partial charge is 0.306 e. The lowest BCUT2D eigenvalue weighted by Gasteiger charge is -2.18. The van der Waals surface area contributed by atoms with Crippen LogP contribution in [0.15, 0.2) is 85.1 Å². The van der Waals surface area contributed by atoms with E-state index in [1.165, 1.54) is 89.9 Å². The van der Waals surface area contributed by atoms with Gasteiger partial charge in [0.05, 0.1) is 0 Å². The molecule has 0 saturated heterocycles. The van der Waals surface area contributed by atoms with E-state index >= 15 is 0 Å². The summed E-state index contributed by atoms with van der Waals surface area (Å²) < 4.78 is 16.7. The second-order valence-corrected chi connectivity index (χ2v) is 16.7. The lowest BCUT2D eigenvalue weighted by Crippen LogP contribution is -2.30. The second-order valence-electron chi connectivity index (χ2n) is 16.7. The maximum atomic E-state index is 12.8. The van der Waals surface area contributed by atoms with Crippen LogP contribution in [0.25, 0.3) is 0 Å². The van der Waals surface area contributed by atoms with Gasteiger partial charge in [-0.15, -0.1) is 0 Å². The Hall–Kier alpha value is -3.41. The van der Waals surface area contributed by atoms with E-state index in [9.17, 15) is 14.4 Å². The van der Waals surface area contributed by atoms with E-state index in [1.807, 2.05) is 0 Å². The molecule has 0 amide bonds. The fourth-order valence-electron chi connectivity index (χ4n) is 6.80. The minimum absolute atomic E-state index is 0.110. The molecule has 0 aliphatic rings. The molecule has 1 unspecified atom stereocenters. The second kappa shape index (κ2) is 50.2. The molecule has 354 valence electrons. The highest BCUT2D eigenvalue weighted by atomic mass is 16.6. The Labute approximate surface area is 382 Å². The van der Waals surface area contributed by atoms with Gasteiger partial charge in [-0.3, -0.25) is 14.4 Å². The summed E-state index contributed by atoms with van der Waals surface area (Å²) in [5.74, 6) is -1.00. The third kappa shape index (κ3) is 47.6. The molecule has 0 saturated carbocycles. The van der Waals surface area contributed by atoms with E-state index in [4.69, 9.17) is 14.2 Å². The Balaban J connectivity index is 4.51. The third-order valence-corrected chi connectivity index (χ3v) is 10.7. The number of carbonyl (C=O) groups is 3. The van der Waals surface area contributed by atoms with Gasteiger partial charge in [0.25, 0.3) is 0 Å². The van der Waals surface area contributed by atoms with Crippen LogP contribution in [0.5, 0.6) is 0 Å². The zero-order chi connectivity index (χ0) is 45.1. The van der Waals surface area contributed by atoms with Crippen molar-refractivity contribution in [2.75, 3.05) is 13.2 Å². The summed E-state index contributed by atoms with van der Waals surface area (Å²) in [4.78, 5) is 37.9. The van der Waals surface area contributed by atoms with Gasteiger partial charge in [-0.1, -0.05) is 202 Å². The van der Waals surface area contributed by atoms with Gasteiger partial charge in [-0.25, -0.2) is 0 Å². The van der Waals surface area contributed by atoms with Crippen molar-refractivity contribution in [2.45, 2.75) is 239 Å². The molecule has 0 N–H and O–H groups in total. The first kappa shape index (κ1) is 58.6. The fraction of sp³-hybridized carbons (Fsp3) is 0.696. The normalized spacial score (nSPS) is 12.8. The van der Waals surface area contributed by atoms with Crippen LogP contribution in [-0.4, -0.2) is 37.2 Å². The van der Waals surface area contributed by atoms with Gasteiger partial charge in [-0.05, 0) is 96.3 Å². The summed E-state index contributed by atoms with van der Waals surface area (Å²) in [5.41, 5.74) is 0. The molecule has 0 aromatic heterocycles. The van der Waals surface area contributed by atoms with Gasteiger partial charge in [0, 0.05) is 19.3 Å². The van der Waals surface area contributed by atoms with Crippen LogP contribution in [0.4, 0.5) is 0 Å². The maximum absolute atomic E-state index is 12.8. The standard InChI is InChI=1S/C56H94O6/c1-4-7-10-13-16-19-22-25-27-28-29-32-34-37-40-43-46-49-55(58)61-52-53(51-60-54(57)48-45-42-39-36-33-30-24-21-18-15-12-9-6-3)62-56(59)50-47-44-41-38-35-31-26-23-20-17-14-11-8-5-2/h9,12,15,18,21,24-25,27,29,31-32,35,37,40,53H,4-8,10-11,13-14,16-17,19-20,22-23,26,28,30,33-34,36,38-39,41-52H2,1-3H3/b12-9-,18-15-,24-21-,27-25-,32-29-,35-31-,40-37-. The fourth-order valence-corrected chi connectivity index (χ4v) is 6.80. The molecular weight excluding hydrogens is 769 g/mol. The molecule has 0 spiro atoms. The highest BCUT2D eigenvalue weighted by molar-refractivity contribution is 5.71. The van der Waals surface area contributed by atoms with Crippen LogP contribution in [0, 0.1) is 0 Å². The number of hydrogen-bond acceptors (Lipinski definition) is 6. The van der Waals surface area contributed by atoms with Gasteiger partial charge in [0.1, 0.15) is 13.2 Å². The van der Waals surface area contributed by atoms with Crippen LogP contribution in [0.3, 0.4) is 0 Å². The van der Waals surface area contributed by atoms with E-state index < -0.39 is 6.10 Å². The van der Waals surface area contributed by atoms with Crippen molar-refractivity contribution in [3.8, 4) is 0 Å². The quantitative estimate of drug-likeness (QED) is 0.0199. The van der Waals surface area contributed by atoms with E-state index in [0.29, 0.717) is 19.3 Å². The molecule has 62 heavy (non-hydrogen) atoms. The zero-order valence-corrected chi connectivity index (χ0v) is 40.4. The number of carbonyl (C=O) groups excluding carboxylic acids is 3. The molecule has 6 nitrogen and oxygen atoms in total. The maximum Gasteiger partial charge on any atom is 0.306 e. The van der Waals surface area contributed by atoms with Crippen molar-refractivity contribution in [3.63, 3.8) is 0 Å². The molecule has 6 heteroatoms. The summed E-state index contributed by atoms with van der Waals surface area (Å²) in [5, 5.41) is 0. The minimum Gasteiger partial charge on any atom is -0.462 e. The van der Waals surface area contributed by atoms with Crippen LogP contribution >= 0.6 is 0 Å². The van der Waals surface area contributed by atoms with Gasteiger partial charge < -0.3 is 14.2 Å². The number of hydrogen-bond donors (Lipinski definition) is 0. The predicted octanol–water partition coefficient (Wildman–Crippen LogP) is 16.8. The Bertz CT molecular complexity index is 1220. The lowest BCUT2D eigenvalue weighted by atomic mass is 10.1. The molecular formula is C56H94O6. The summed E-state index contributed by atoms with van der Waals surface area (Å²) in [6.45, 7) is 6.41. The summed E-state index contributed by atoms with van der Waals surface area (Å²) in [6.07, 6.45) is 64.3. The molecule has 0 rings (SSSR count). The first-order chi connectivity index (χ1) is 30.5. The molecule has 1 atom stereocenters. The first-order valence-corrected chi connectivity index (χ1v) is 25.6. The van der Waals surface area contributed by atoms with Crippen molar-refractivity contribution >= 4 is 17.9 Å². The molecule has 0 aromatic rings. The van der Waals surface area contributed by atoms with Gasteiger partial charge in [0.15, 0.2) is 6.10 Å². The molecule has 0 heterocycles. The minimum atomic E-state index is -0.812. The number of esters is 3. The average Bonchev–Trinajstić information content (AvgIpc) is 3.27. The molecule has 0 fully saturated rings. The lowest BCUT2D eigenvalue weighted by molar-refractivity contribution is -0.167. The average molecular weight is 863 g/mol. The summed E-state index contributed by atoms with van der Waals surface area (Å²) in [6, 6.07) is 0. The van der Waals surface area contributed by atoms with Crippen molar-refractivity contribution in [1.82, 2.24) is 0 Å². The molecule has 0 radical (unpaired) electrons. The van der Waals surface area contributed by atoms with Gasteiger partial charge in [0.2, 0.25) is 0 Å². The Morgan fingerprint density at radius 2 is 0.710 bits per heavy atom. The zero-order valence-electron chi connectivity index (χ0n) is 40.4. The van der Waals surface area contributed by atoms with Crippen molar-refractivity contribution in [3.05, 3.63) is 85.1 Å². The van der Waals surface area contributed by atoms with Crippen LogP contribution < -0.4 is 0 Å². The van der Waals surface area contributed by atoms with E-state index in [1.54, 1.807) is 0 Å². The molecule has 0 bridgehead atoms. The predicted molar refractivity (Wildman–Crippen MR) is 265 cm³/mol. The van der Waals surface area contributed by atoms with Crippen LogP contribution in [0.2, 0.25) is 0 Å². The monoisotopic (exact) mass is 863 g/mol. The number of ether oxygens (including phenoxy) is 3. The molecule has 0 aromatic carbocycles. The van der Waals surface area contributed by atoms with Crippen molar-refractivity contribution < 1.29 is 28.6 Å². The first-order valence-electron chi connectivity index (χ1n) is 25.6. The van der Waals surface area contributed by atoms with Crippen LogP contribution in [0.1, 0.15) is 233 Å². The summed E-state index contributed by atoms with van der Waals surface area (Å²) in [7, 11) is 0. The topological polar surface area (TPSA) is 78.9 Å². The van der Waals surface area contributed by atoms with E-state index in [0.717, 1.165) is 96.3 Å². The van der Waals surface area contributed by atoms with Gasteiger partial charge in [-0.2, -0.15) is 0 Å². The van der Waals surface area contributed by atoms with Gasteiger partial charge >= 0.3 is 17.9 Å². The number of allylic oxidation sites excluding steroid dienone is 14. The SMILES string of the molecule is CC\C=C/C=C\C=C/CCCCCCCC(=O)OCC(COC(=O)CCC/C=C\C/C=C\C/C=C\CCCCCCCC)OC(=O)CCCCC/C=C\CCCCCCCCC. The highest BCUT2D eigenvalue weighted by Gasteiger charge is 2.19. The van der Waals surface area contributed by atoms with Crippen molar-refractivity contribution in [1.29, 1.82) is 0 Å². The van der Waals surface area contributed by atoms with Crippen molar-refractivity contribution in [2.24, 2.45) is 0 Å². The third-order valence-electron chi connectivity index (χ3n) is 10.7. The number of unbranched alkanes of at least 4 members (excludes halogenated alkanes) is 22. The van der Waals surface area contributed by atoms with E-state index in [-0.39, 0.29) is 37.5 Å². The molecule has 0 aliphatic carbocycles. The summed E-state index contributed by atoms with van der Waals surface area (Å²) >= 11 is 0. The Kier molecular flexibility index (Phi) is 47.5. The molecule has 0 aliphatic heterocycles. The number of rotatable bonds is 45. The largest absolute Gasteiger partial charge is 0.462 e. The Morgan fingerprint density at radius 1 is 0.355 bits per heavy atom.